The Morgan fingerprint density at radius 3 is 2.27 bits per heavy atom. The van der Waals surface area contributed by atoms with Crippen LogP contribution in [0.25, 0.3) is 0 Å². The Bertz CT molecular complexity index is 886. The predicted octanol–water partition coefficient (Wildman–Crippen LogP) is 5.49. The lowest BCUT2D eigenvalue weighted by Crippen LogP contribution is -2.47. The normalized spacial score (nSPS) is 11.5. The van der Waals surface area contributed by atoms with E-state index in [0.717, 1.165) is 18.6 Å². The van der Waals surface area contributed by atoms with E-state index in [-0.39, 0.29) is 24.8 Å². The first-order valence-electron chi connectivity index (χ1n) is 11.1. The van der Waals surface area contributed by atoms with E-state index in [1.165, 1.54) is 4.90 Å². The fourth-order valence-electron chi connectivity index (χ4n) is 3.20. The third kappa shape index (κ3) is 8.45. The standard InChI is InChI=1S/C25H32Cl2N2O4/c1-4-5-15-28-25(31)18(2)29(17-21-22(26)8-6-9-23(21)27)24(30)10-7-16-33-20-13-11-19(32-3)12-14-20/h6,8-9,11-14,18H,4-5,7,10,15-17H2,1-3H3,(H,28,31)/t18-/m0/s1. The average Bonchev–Trinajstić information content (AvgIpc) is 2.81. The Kier molecular flexibility index (Phi) is 11.3. The lowest BCUT2D eigenvalue weighted by molar-refractivity contribution is -0.140. The summed E-state index contributed by atoms with van der Waals surface area (Å²) < 4.78 is 10.9. The highest BCUT2D eigenvalue weighted by molar-refractivity contribution is 6.36. The predicted molar refractivity (Wildman–Crippen MR) is 132 cm³/mol. The number of hydrogen-bond donors (Lipinski definition) is 1. The van der Waals surface area contributed by atoms with E-state index in [4.69, 9.17) is 32.7 Å². The van der Waals surface area contributed by atoms with Crippen LogP contribution in [0.15, 0.2) is 42.5 Å². The monoisotopic (exact) mass is 494 g/mol. The summed E-state index contributed by atoms with van der Waals surface area (Å²) in [5.41, 5.74) is 0.622. The van der Waals surface area contributed by atoms with E-state index in [1.807, 2.05) is 24.3 Å². The summed E-state index contributed by atoms with van der Waals surface area (Å²) in [4.78, 5) is 27.3. The minimum atomic E-state index is -0.663. The van der Waals surface area contributed by atoms with E-state index in [2.05, 4.69) is 12.2 Å². The highest BCUT2D eigenvalue weighted by Gasteiger charge is 2.27. The van der Waals surface area contributed by atoms with Gasteiger partial charge in [0.15, 0.2) is 0 Å². The lowest BCUT2D eigenvalue weighted by Gasteiger charge is -2.29. The van der Waals surface area contributed by atoms with Crippen LogP contribution in [0.3, 0.4) is 0 Å². The molecule has 0 unspecified atom stereocenters. The minimum Gasteiger partial charge on any atom is -0.497 e. The highest BCUT2D eigenvalue weighted by Crippen LogP contribution is 2.27. The van der Waals surface area contributed by atoms with Gasteiger partial charge in [-0.1, -0.05) is 42.6 Å². The van der Waals surface area contributed by atoms with E-state index in [0.29, 0.717) is 40.9 Å². The van der Waals surface area contributed by atoms with Gasteiger partial charge in [0.05, 0.1) is 13.7 Å². The van der Waals surface area contributed by atoms with Crippen molar-refractivity contribution in [1.82, 2.24) is 10.2 Å². The Morgan fingerprint density at radius 2 is 1.67 bits per heavy atom. The number of ether oxygens (including phenoxy) is 2. The molecule has 0 saturated heterocycles. The van der Waals surface area contributed by atoms with Gasteiger partial charge < -0.3 is 19.7 Å². The van der Waals surface area contributed by atoms with E-state index in [1.54, 1.807) is 32.2 Å². The number of carbonyl (C=O) groups excluding carboxylic acids is 2. The molecule has 1 N–H and O–H groups in total. The van der Waals surface area contributed by atoms with Crippen molar-refractivity contribution in [3.63, 3.8) is 0 Å². The van der Waals surface area contributed by atoms with Gasteiger partial charge in [0, 0.05) is 35.1 Å². The number of nitrogens with zero attached hydrogens (tertiary/aromatic N) is 1. The zero-order chi connectivity index (χ0) is 24.2. The molecule has 2 aromatic rings. The Morgan fingerprint density at radius 1 is 1.03 bits per heavy atom. The van der Waals surface area contributed by atoms with Crippen molar-refractivity contribution in [2.75, 3.05) is 20.3 Å². The Balaban J connectivity index is 2.02. The Labute approximate surface area is 206 Å². The number of rotatable bonds is 13. The molecule has 0 aliphatic rings. The zero-order valence-electron chi connectivity index (χ0n) is 19.4. The van der Waals surface area contributed by atoms with Crippen LogP contribution in [-0.2, 0) is 16.1 Å². The molecule has 33 heavy (non-hydrogen) atoms. The first-order chi connectivity index (χ1) is 15.9. The number of benzene rings is 2. The van der Waals surface area contributed by atoms with Crippen LogP contribution in [0.2, 0.25) is 10.0 Å². The maximum atomic E-state index is 13.1. The molecule has 2 rings (SSSR count). The highest BCUT2D eigenvalue weighted by atomic mass is 35.5. The molecule has 0 heterocycles. The van der Waals surface area contributed by atoms with Crippen LogP contribution < -0.4 is 14.8 Å². The topological polar surface area (TPSA) is 67.9 Å². The quantitative estimate of drug-likeness (QED) is 0.373. The summed E-state index contributed by atoms with van der Waals surface area (Å²) in [6, 6.07) is 11.8. The molecule has 0 spiro atoms. The summed E-state index contributed by atoms with van der Waals surface area (Å²) in [6.45, 7) is 4.87. The molecule has 0 fully saturated rings. The molecule has 0 aliphatic carbocycles. The smallest absolute Gasteiger partial charge is 0.242 e. The van der Waals surface area contributed by atoms with Gasteiger partial charge in [0.25, 0.3) is 0 Å². The van der Waals surface area contributed by atoms with Gasteiger partial charge in [-0.05, 0) is 56.2 Å². The zero-order valence-corrected chi connectivity index (χ0v) is 20.9. The van der Waals surface area contributed by atoms with Crippen molar-refractivity contribution in [3.05, 3.63) is 58.1 Å². The van der Waals surface area contributed by atoms with Crippen molar-refractivity contribution < 1.29 is 19.1 Å². The Hall–Kier alpha value is -2.44. The van der Waals surface area contributed by atoms with Gasteiger partial charge in [0.1, 0.15) is 17.5 Å². The van der Waals surface area contributed by atoms with Gasteiger partial charge in [-0.15, -0.1) is 0 Å². The molecule has 0 saturated carbocycles. The maximum Gasteiger partial charge on any atom is 0.242 e. The molecule has 0 bridgehead atoms. The summed E-state index contributed by atoms with van der Waals surface area (Å²) in [5.74, 6) is 1.08. The third-order valence-electron chi connectivity index (χ3n) is 5.25. The first kappa shape index (κ1) is 26.8. The van der Waals surface area contributed by atoms with E-state index >= 15 is 0 Å². The molecule has 2 aromatic carbocycles. The molecule has 180 valence electrons. The van der Waals surface area contributed by atoms with Crippen LogP contribution in [0.1, 0.15) is 45.1 Å². The molecule has 0 aromatic heterocycles. The number of nitrogens with one attached hydrogen (secondary N) is 1. The second kappa shape index (κ2) is 14.0. The van der Waals surface area contributed by atoms with Crippen molar-refractivity contribution in [2.45, 2.75) is 52.1 Å². The van der Waals surface area contributed by atoms with Crippen LogP contribution in [0, 0.1) is 0 Å². The fourth-order valence-corrected chi connectivity index (χ4v) is 3.72. The number of amides is 2. The van der Waals surface area contributed by atoms with Crippen molar-refractivity contribution in [1.29, 1.82) is 0 Å². The van der Waals surface area contributed by atoms with Gasteiger partial charge in [-0.3, -0.25) is 9.59 Å². The van der Waals surface area contributed by atoms with E-state index < -0.39 is 6.04 Å². The SMILES string of the molecule is CCCCNC(=O)[C@H](C)N(Cc1c(Cl)cccc1Cl)C(=O)CCCOc1ccc(OC)cc1. The third-order valence-corrected chi connectivity index (χ3v) is 5.96. The second-order valence-electron chi connectivity index (χ2n) is 7.67. The fraction of sp³-hybridized carbons (Fsp3) is 0.440. The molecule has 1 atom stereocenters. The van der Waals surface area contributed by atoms with Crippen LogP contribution in [0.5, 0.6) is 11.5 Å². The molecule has 2 amide bonds. The number of unbranched alkanes of at least 4 members (excludes halogenated alkanes) is 1. The maximum absolute atomic E-state index is 13.1. The average molecular weight is 495 g/mol. The van der Waals surface area contributed by atoms with Crippen molar-refractivity contribution in [2.24, 2.45) is 0 Å². The largest absolute Gasteiger partial charge is 0.497 e. The molecule has 6 nitrogen and oxygen atoms in total. The van der Waals surface area contributed by atoms with Gasteiger partial charge in [0.2, 0.25) is 11.8 Å². The van der Waals surface area contributed by atoms with Crippen LogP contribution >= 0.6 is 23.2 Å². The number of methoxy groups -OCH3 is 1. The molecule has 0 radical (unpaired) electrons. The second-order valence-corrected chi connectivity index (χ2v) is 8.48. The molecule has 8 heteroatoms. The first-order valence-corrected chi connectivity index (χ1v) is 11.9. The van der Waals surface area contributed by atoms with Crippen LogP contribution in [0.4, 0.5) is 0 Å². The van der Waals surface area contributed by atoms with Gasteiger partial charge >= 0.3 is 0 Å². The van der Waals surface area contributed by atoms with Gasteiger partial charge in [-0.2, -0.15) is 0 Å². The number of halogens is 2. The summed E-state index contributed by atoms with van der Waals surface area (Å²) in [5, 5.41) is 3.82. The summed E-state index contributed by atoms with van der Waals surface area (Å²) >= 11 is 12.7. The van der Waals surface area contributed by atoms with Gasteiger partial charge in [-0.25, -0.2) is 0 Å². The summed E-state index contributed by atoms with van der Waals surface area (Å²) in [7, 11) is 1.61. The minimum absolute atomic E-state index is 0.152. The lowest BCUT2D eigenvalue weighted by atomic mass is 10.1. The number of carbonyl (C=O) groups is 2. The van der Waals surface area contributed by atoms with Crippen molar-refractivity contribution >= 4 is 35.0 Å². The molecular formula is C25H32Cl2N2O4. The summed E-state index contributed by atoms with van der Waals surface area (Å²) in [6.07, 6.45) is 2.58. The van der Waals surface area contributed by atoms with Crippen LogP contribution in [-0.4, -0.2) is 43.0 Å². The molecular weight excluding hydrogens is 463 g/mol. The molecule has 0 aliphatic heterocycles. The number of hydrogen-bond acceptors (Lipinski definition) is 4. The van der Waals surface area contributed by atoms with Crippen molar-refractivity contribution in [3.8, 4) is 11.5 Å². The van der Waals surface area contributed by atoms with E-state index in [9.17, 15) is 9.59 Å².